The number of aromatic amines is 1. The molecule has 1 atom stereocenters. The van der Waals surface area contributed by atoms with Gasteiger partial charge in [-0.15, -0.1) is 27.8 Å². The normalized spacial score (nSPS) is 12.6. The van der Waals surface area contributed by atoms with Crippen LogP contribution in [0.25, 0.3) is 20.7 Å². The van der Waals surface area contributed by atoms with Gasteiger partial charge in [-0.3, -0.25) is 4.79 Å². The van der Waals surface area contributed by atoms with Gasteiger partial charge in [-0.05, 0) is 40.9 Å². The van der Waals surface area contributed by atoms with Gasteiger partial charge in [-0.1, -0.05) is 17.8 Å². The molecule has 8 nitrogen and oxygen atoms in total. The van der Waals surface area contributed by atoms with E-state index in [9.17, 15) is 4.79 Å². The summed E-state index contributed by atoms with van der Waals surface area (Å²) in [4.78, 5) is 22.3. The van der Waals surface area contributed by atoms with E-state index in [1.165, 1.54) is 23.1 Å². The van der Waals surface area contributed by atoms with Crippen LogP contribution in [-0.4, -0.2) is 30.2 Å². The quantitative estimate of drug-likeness (QED) is 0.393. The summed E-state index contributed by atoms with van der Waals surface area (Å²) >= 11 is 4.52. The molecular weight excluding hydrogens is 428 g/mol. The van der Waals surface area contributed by atoms with Gasteiger partial charge in [-0.2, -0.15) is 0 Å². The van der Waals surface area contributed by atoms with Gasteiger partial charge in [0.15, 0.2) is 0 Å². The van der Waals surface area contributed by atoms with Crippen LogP contribution >= 0.6 is 34.4 Å². The van der Waals surface area contributed by atoms with E-state index in [2.05, 4.69) is 20.5 Å². The van der Waals surface area contributed by atoms with Crippen LogP contribution in [0.4, 0.5) is 0 Å². The molecule has 0 aliphatic heterocycles. The van der Waals surface area contributed by atoms with Crippen LogP contribution in [0, 0.1) is 0 Å². The van der Waals surface area contributed by atoms with Gasteiger partial charge in [0, 0.05) is 15.8 Å². The Kier molecular flexibility index (Phi) is 4.78. The summed E-state index contributed by atoms with van der Waals surface area (Å²) in [5.74, 6) is 1.36. The highest BCUT2D eigenvalue weighted by atomic mass is 32.2. The van der Waals surface area contributed by atoms with Gasteiger partial charge in [0.2, 0.25) is 5.16 Å². The van der Waals surface area contributed by atoms with E-state index in [4.69, 9.17) is 9.40 Å². The molecule has 29 heavy (non-hydrogen) atoms. The Morgan fingerprint density at radius 2 is 2.24 bits per heavy atom. The highest BCUT2D eigenvalue weighted by molar-refractivity contribution is 7.99. The van der Waals surface area contributed by atoms with Crippen molar-refractivity contribution in [2.24, 2.45) is 0 Å². The Bertz CT molecular complexity index is 1300. The lowest BCUT2D eigenvalue weighted by atomic mass is 10.2. The second-order valence-electron chi connectivity index (χ2n) is 6.22. The first-order valence-corrected chi connectivity index (χ1v) is 11.3. The monoisotopic (exact) mass is 442 g/mol. The molecule has 11 heteroatoms. The van der Waals surface area contributed by atoms with Gasteiger partial charge in [0.25, 0.3) is 5.56 Å². The molecule has 0 saturated carbocycles. The van der Waals surface area contributed by atoms with Gasteiger partial charge in [-0.25, -0.2) is 9.67 Å². The van der Waals surface area contributed by atoms with Crippen LogP contribution in [0.15, 0.2) is 55.7 Å². The van der Waals surface area contributed by atoms with Gasteiger partial charge >= 0.3 is 0 Å². The minimum absolute atomic E-state index is 0.128. The number of hydrogen-bond donors (Lipinski definition) is 1. The fraction of sp³-hybridized carbons (Fsp3) is 0.167. The van der Waals surface area contributed by atoms with Crippen molar-refractivity contribution in [1.82, 2.24) is 30.2 Å². The number of fused-ring (bicyclic) bond motifs is 1. The predicted molar refractivity (Wildman–Crippen MR) is 113 cm³/mol. The Labute approximate surface area is 176 Å². The number of nitrogens with zero attached hydrogens (tertiary/aromatic N) is 5. The lowest BCUT2D eigenvalue weighted by Gasteiger charge is -2.10. The van der Waals surface area contributed by atoms with E-state index >= 15 is 0 Å². The van der Waals surface area contributed by atoms with E-state index < -0.39 is 0 Å². The van der Waals surface area contributed by atoms with Crippen molar-refractivity contribution >= 4 is 44.7 Å². The summed E-state index contributed by atoms with van der Waals surface area (Å²) in [6.07, 6.45) is 1.62. The molecule has 0 spiro atoms. The number of aromatic nitrogens is 6. The van der Waals surface area contributed by atoms with Crippen molar-refractivity contribution in [3.8, 4) is 10.4 Å². The van der Waals surface area contributed by atoms with E-state index in [0.717, 1.165) is 21.0 Å². The molecule has 0 aliphatic carbocycles. The third kappa shape index (κ3) is 3.52. The second-order valence-corrected chi connectivity index (χ2v) is 9.33. The predicted octanol–water partition coefficient (Wildman–Crippen LogP) is 4.19. The zero-order chi connectivity index (χ0) is 19.8. The van der Waals surface area contributed by atoms with Crippen molar-refractivity contribution < 1.29 is 4.42 Å². The third-order valence-corrected chi connectivity index (χ3v) is 7.16. The van der Waals surface area contributed by atoms with Crippen molar-refractivity contribution in [3.63, 3.8) is 0 Å². The average Bonchev–Trinajstić information content (AvgIpc) is 3.50. The summed E-state index contributed by atoms with van der Waals surface area (Å²) in [6.45, 7) is 2.40. The zero-order valence-electron chi connectivity index (χ0n) is 15.1. The SMILES string of the molecule is CC(Sc1nnnn1Cc1ccco1)c1nc2scc(-c3cccs3)c2c(=O)[nH]1. The molecule has 1 N–H and O–H groups in total. The molecule has 5 heterocycles. The maximum atomic E-state index is 12.8. The molecule has 1 unspecified atom stereocenters. The summed E-state index contributed by atoms with van der Waals surface area (Å²) < 4.78 is 7.03. The molecule has 5 rings (SSSR count). The summed E-state index contributed by atoms with van der Waals surface area (Å²) in [6, 6.07) is 7.68. The molecule has 146 valence electrons. The molecule has 0 aliphatic rings. The number of rotatable bonds is 6. The second kappa shape index (κ2) is 7.58. The van der Waals surface area contributed by atoms with Crippen LogP contribution in [0.1, 0.15) is 23.8 Å². The van der Waals surface area contributed by atoms with Crippen molar-refractivity contribution in [2.75, 3.05) is 0 Å². The first-order chi connectivity index (χ1) is 14.2. The number of tetrazole rings is 1. The molecule has 0 saturated heterocycles. The molecule has 0 radical (unpaired) electrons. The lowest BCUT2D eigenvalue weighted by Crippen LogP contribution is -2.12. The number of thioether (sulfide) groups is 1. The number of hydrogen-bond acceptors (Lipinski definition) is 9. The van der Waals surface area contributed by atoms with Crippen LogP contribution in [0.3, 0.4) is 0 Å². The van der Waals surface area contributed by atoms with E-state index in [-0.39, 0.29) is 10.8 Å². The van der Waals surface area contributed by atoms with Gasteiger partial charge in [0.1, 0.15) is 23.0 Å². The van der Waals surface area contributed by atoms with E-state index in [1.807, 2.05) is 41.9 Å². The fourth-order valence-corrected chi connectivity index (χ4v) is 5.53. The number of thiophene rings is 2. The van der Waals surface area contributed by atoms with Crippen LogP contribution < -0.4 is 5.56 Å². The molecule has 0 aromatic carbocycles. The number of H-pyrrole nitrogens is 1. The summed E-state index contributed by atoms with van der Waals surface area (Å²) in [5.41, 5.74) is 0.806. The van der Waals surface area contributed by atoms with E-state index in [1.54, 1.807) is 22.3 Å². The molecule has 5 aromatic rings. The molecule has 0 fully saturated rings. The number of furan rings is 1. The maximum absolute atomic E-state index is 12.8. The topological polar surface area (TPSA) is 102 Å². The maximum Gasteiger partial charge on any atom is 0.260 e. The first-order valence-electron chi connectivity index (χ1n) is 8.69. The van der Waals surface area contributed by atoms with Crippen molar-refractivity contribution in [3.05, 3.63) is 63.2 Å². The molecule has 5 aromatic heterocycles. The fourth-order valence-electron chi connectivity index (χ4n) is 2.92. The smallest absolute Gasteiger partial charge is 0.260 e. The molecular formula is C18H14N6O2S3. The lowest BCUT2D eigenvalue weighted by molar-refractivity contribution is 0.462. The minimum atomic E-state index is -0.138. The van der Waals surface area contributed by atoms with Crippen molar-refractivity contribution in [1.29, 1.82) is 0 Å². The summed E-state index contributed by atoms with van der Waals surface area (Å²) in [7, 11) is 0. The van der Waals surface area contributed by atoms with Crippen LogP contribution in [-0.2, 0) is 6.54 Å². The highest BCUT2D eigenvalue weighted by Crippen LogP contribution is 2.36. The Morgan fingerprint density at radius 3 is 3.03 bits per heavy atom. The zero-order valence-corrected chi connectivity index (χ0v) is 17.6. The molecule has 0 amide bonds. The summed E-state index contributed by atoms with van der Waals surface area (Å²) in [5, 5.41) is 17.0. The highest BCUT2D eigenvalue weighted by Gasteiger charge is 2.19. The first kappa shape index (κ1) is 18.3. The van der Waals surface area contributed by atoms with Gasteiger partial charge < -0.3 is 9.40 Å². The number of nitrogens with one attached hydrogen (secondary N) is 1. The Morgan fingerprint density at radius 1 is 1.31 bits per heavy atom. The minimum Gasteiger partial charge on any atom is -0.467 e. The van der Waals surface area contributed by atoms with E-state index in [0.29, 0.717) is 22.9 Å². The Balaban J connectivity index is 1.43. The van der Waals surface area contributed by atoms with Gasteiger partial charge in [0.05, 0.1) is 16.9 Å². The average molecular weight is 443 g/mol. The standard InChI is InChI=1S/C18H14N6O2S3/c1-10(29-18-21-22-23-24(18)8-11-4-2-6-26-11)15-19-16(25)14-12(9-28-17(14)20-15)13-5-3-7-27-13/h2-7,9-10H,8H2,1H3,(H,19,20,25). The Hall–Kier alpha value is -2.76. The third-order valence-electron chi connectivity index (χ3n) is 4.30. The van der Waals surface area contributed by atoms with Crippen molar-refractivity contribution in [2.45, 2.75) is 23.9 Å². The van der Waals surface area contributed by atoms with Crippen LogP contribution in [0.2, 0.25) is 0 Å². The van der Waals surface area contributed by atoms with Crippen LogP contribution in [0.5, 0.6) is 0 Å². The molecule has 0 bridgehead atoms. The largest absolute Gasteiger partial charge is 0.467 e.